The summed E-state index contributed by atoms with van der Waals surface area (Å²) in [5, 5.41) is 4.42. The van der Waals surface area contributed by atoms with Crippen molar-refractivity contribution in [2.24, 2.45) is 11.8 Å². The minimum absolute atomic E-state index is 0.114. The van der Waals surface area contributed by atoms with Crippen LogP contribution >= 0.6 is 0 Å². The molecule has 1 aromatic rings. The Morgan fingerprint density at radius 2 is 2.25 bits per heavy atom. The summed E-state index contributed by atoms with van der Waals surface area (Å²) in [4.78, 5) is 12.0. The van der Waals surface area contributed by atoms with Crippen molar-refractivity contribution in [3.8, 4) is 0 Å². The number of carbonyl (C=O) groups excluding carboxylic acids is 1. The molecule has 24 heavy (non-hydrogen) atoms. The molecule has 0 aromatic carbocycles. The summed E-state index contributed by atoms with van der Waals surface area (Å²) in [6.07, 6.45) is 14.3. The van der Waals surface area contributed by atoms with E-state index in [2.05, 4.69) is 36.4 Å². The van der Waals surface area contributed by atoms with Crippen LogP contribution in [0.5, 0.6) is 0 Å². The molecule has 1 aliphatic carbocycles. The number of hydrogen-bond donors (Lipinski definition) is 0. The predicted molar refractivity (Wildman–Crippen MR) is 97.6 cm³/mol. The Hall–Kier alpha value is -1.68. The maximum Gasteiger partial charge on any atom is 0.136 e. The van der Waals surface area contributed by atoms with Crippen molar-refractivity contribution in [3.05, 3.63) is 36.2 Å². The Bertz CT molecular complexity index is 584. The average Bonchev–Trinajstić information content (AvgIpc) is 3.04. The van der Waals surface area contributed by atoms with E-state index >= 15 is 0 Å². The second-order valence-electron chi connectivity index (χ2n) is 6.80. The lowest BCUT2D eigenvalue weighted by atomic mass is 9.88. The van der Waals surface area contributed by atoms with E-state index in [0.717, 1.165) is 38.0 Å². The molecule has 4 heteroatoms. The van der Waals surface area contributed by atoms with E-state index in [1.165, 1.54) is 5.57 Å². The summed E-state index contributed by atoms with van der Waals surface area (Å²) in [5.74, 6) is 0.759. The van der Waals surface area contributed by atoms with Gasteiger partial charge in [-0.1, -0.05) is 45.4 Å². The quantitative estimate of drug-likeness (QED) is 0.602. The van der Waals surface area contributed by atoms with Gasteiger partial charge in [0, 0.05) is 30.7 Å². The Labute approximate surface area is 145 Å². The third-order valence-corrected chi connectivity index (χ3v) is 4.33. The molecule has 1 aromatic heterocycles. The number of carbonyl (C=O) groups is 1. The van der Waals surface area contributed by atoms with Gasteiger partial charge in [0.05, 0.1) is 19.3 Å². The van der Waals surface area contributed by atoms with E-state index < -0.39 is 0 Å². The monoisotopic (exact) mass is 330 g/mol. The number of rotatable bonds is 10. The highest BCUT2D eigenvalue weighted by atomic mass is 16.5. The van der Waals surface area contributed by atoms with Gasteiger partial charge in [0.1, 0.15) is 5.78 Å². The molecule has 0 saturated heterocycles. The number of ketones is 1. The van der Waals surface area contributed by atoms with Crippen LogP contribution in [0, 0.1) is 11.8 Å². The first-order valence-corrected chi connectivity index (χ1v) is 9.11. The van der Waals surface area contributed by atoms with Crippen LogP contribution in [0.3, 0.4) is 0 Å². The zero-order valence-corrected chi connectivity index (χ0v) is 15.2. The Kier molecular flexibility index (Phi) is 7.44. The summed E-state index contributed by atoms with van der Waals surface area (Å²) >= 11 is 0. The molecule has 1 atom stereocenters. The average molecular weight is 330 g/mol. The highest BCUT2D eigenvalue weighted by molar-refractivity contribution is 5.82. The van der Waals surface area contributed by atoms with Crippen LogP contribution in [0.4, 0.5) is 0 Å². The van der Waals surface area contributed by atoms with Gasteiger partial charge in [0.15, 0.2) is 0 Å². The van der Waals surface area contributed by atoms with Crippen LogP contribution in [0.1, 0.15) is 52.0 Å². The van der Waals surface area contributed by atoms with Crippen molar-refractivity contribution in [1.82, 2.24) is 9.78 Å². The standard InChI is InChI=1S/C20H30N2O2/c1-4-5-10-24-11-9-22-15-19(14-21-22)18-8-6-7-17(12-18)13-20(23)16(2)3/h6,8,12,14-17H,4-5,7,9-11,13H2,1-3H3. The summed E-state index contributed by atoms with van der Waals surface area (Å²) in [7, 11) is 0. The fraction of sp³-hybridized carbons (Fsp3) is 0.600. The molecule has 0 radical (unpaired) electrons. The molecule has 1 heterocycles. The van der Waals surface area contributed by atoms with Crippen LogP contribution in [-0.2, 0) is 16.1 Å². The molecular weight excluding hydrogens is 300 g/mol. The Morgan fingerprint density at radius 3 is 3.00 bits per heavy atom. The molecule has 0 fully saturated rings. The number of nitrogens with zero attached hydrogens (tertiary/aromatic N) is 2. The first-order valence-electron chi connectivity index (χ1n) is 9.11. The molecule has 0 amide bonds. The van der Waals surface area contributed by atoms with Crippen LogP contribution in [0.2, 0.25) is 0 Å². The van der Waals surface area contributed by atoms with Crippen molar-refractivity contribution in [2.45, 2.75) is 53.0 Å². The number of ether oxygens (including phenoxy) is 1. The van der Waals surface area contributed by atoms with Crippen molar-refractivity contribution in [3.63, 3.8) is 0 Å². The van der Waals surface area contributed by atoms with Crippen LogP contribution in [-0.4, -0.2) is 28.8 Å². The molecular formula is C20H30N2O2. The molecule has 0 bridgehead atoms. The number of hydrogen-bond acceptors (Lipinski definition) is 3. The molecule has 4 nitrogen and oxygen atoms in total. The summed E-state index contributed by atoms with van der Waals surface area (Å²) in [6, 6.07) is 0. The van der Waals surface area contributed by atoms with E-state index in [1.807, 2.05) is 24.7 Å². The smallest absolute Gasteiger partial charge is 0.136 e. The van der Waals surface area contributed by atoms with Crippen LogP contribution in [0.25, 0.3) is 5.57 Å². The van der Waals surface area contributed by atoms with Gasteiger partial charge in [-0.15, -0.1) is 0 Å². The van der Waals surface area contributed by atoms with E-state index in [0.29, 0.717) is 24.7 Å². The maximum atomic E-state index is 12.0. The van der Waals surface area contributed by atoms with E-state index in [1.54, 1.807) is 0 Å². The Morgan fingerprint density at radius 1 is 1.42 bits per heavy atom. The third kappa shape index (κ3) is 5.75. The lowest BCUT2D eigenvalue weighted by molar-refractivity contribution is -0.122. The number of aromatic nitrogens is 2. The van der Waals surface area contributed by atoms with Gasteiger partial charge >= 0.3 is 0 Å². The minimum Gasteiger partial charge on any atom is -0.380 e. The van der Waals surface area contributed by atoms with Crippen LogP contribution in [0.15, 0.2) is 30.6 Å². The van der Waals surface area contributed by atoms with Crippen molar-refractivity contribution >= 4 is 11.4 Å². The normalized spacial score (nSPS) is 17.3. The van der Waals surface area contributed by atoms with Gasteiger partial charge in [-0.05, 0) is 24.3 Å². The summed E-state index contributed by atoms with van der Waals surface area (Å²) in [6.45, 7) is 8.40. The summed E-state index contributed by atoms with van der Waals surface area (Å²) in [5.41, 5.74) is 2.28. The zero-order chi connectivity index (χ0) is 17.4. The third-order valence-electron chi connectivity index (χ3n) is 4.33. The summed E-state index contributed by atoms with van der Waals surface area (Å²) < 4.78 is 7.52. The number of allylic oxidation sites excluding steroid dienone is 4. The highest BCUT2D eigenvalue weighted by Crippen LogP contribution is 2.27. The highest BCUT2D eigenvalue weighted by Gasteiger charge is 2.17. The maximum absolute atomic E-state index is 12.0. The fourth-order valence-electron chi connectivity index (χ4n) is 2.72. The molecule has 1 aliphatic rings. The predicted octanol–water partition coefficient (Wildman–Crippen LogP) is 4.27. The van der Waals surface area contributed by atoms with Crippen molar-refractivity contribution < 1.29 is 9.53 Å². The van der Waals surface area contributed by atoms with Gasteiger partial charge in [-0.3, -0.25) is 9.48 Å². The van der Waals surface area contributed by atoms with E-state index in [-0.39, 0.29) is 5.92 Å². The molecule has 0 N–H and O–H groups in total. The molecule has 132 valence electrons. The van der Waals surface area contributed by atoms with Crippen molar-refractivity contribution in [2.75, 3.05) is 13.2 Å². The fourth-order valence-corrected chi connectivity index (χ4v) is 2.72. The SMILES string of the molecule is CCCCOCCn1cc(C2=CC(CC(=O)C(C)C)CC=C2)cn1. The molecule has 1 unspecified atom stereocenters. The van der Waals surface area contributed by atoms with Gasteiger partial charge in [0.2, 0.25) is 0 Å². The second-order valence-corrected chi connectivity index (χ2v) is 6.80. The number of unbranched alkanes of at least 4 members (excludes halogenated alkanes) is 1. The second kappa shape index (κ2) is 9.58. The van der Waals surface area contributed by atoms with E-state index in [4.69, 9.17) is 4.74 Å². The Balaban J connectivity index is 1.89. The van der Waals surface area contributed by atoms with Crippen molar-refractivity contribution in [1.29, 1.82) is 0 Å². The molecule has 0 aliphatic heterocycles. The molecule has 0 spiro atoms. The van der Waals surface area contributed by atoms with Crippen LogP contribution < -0.4 is 0 Å². The molecule has 0 saturated carbocycles. The zero-order valence-electron chi connectivity index (χ0n) is 15.2. The largest absolute Gasteiger partial charge is 0.380 e. The van der Waals surface area contributed by atoms with Gasteiger partial charge in [-0.25, -0.2) is 0 Å². The van der Waals surface area contributed by atoms with Gasteiger partial charge < -0.3 is 4.74 Å². The lowest BCUT2D eigenvalue weighted by Gasteiger charge is -2.16. The van der Waals surface area contributed by atoms with E-state index in [9.17, 15) is 4.79 Å². The van der Waals surface area contributed by atoms with Gasteiger partial charge in [-0.2, -0.15) is 5.10 Å². The van der Waals surface area contributed by atoms with Gasteiger partial charge in [0.25, 0.3) is 0 Å². The minimum atomic E-state index is 0.114. The lowest BCUT2D eigenvalue weighted by Crippen LogP contribution is -2.13. The topological polar surface area (TPSA) is 44.1 Å². The number of Topliss-reactive ketones (excluding diaryl/α,β-unsaturated/α-hetero) is 1. The first-order chi connectivity index (χ1) is 11.6. The first kappa shape index (κ1) is 18.7. The molecule has 2 rings (SSSR count).